The second-order valence-electron chi connectivity index (χ2n) is 8.05. The molecule has 0 spiro atoms. The monoisotopic (exact) mass is 443 g/mol. The van der Waals surface area contributed by atoms with Gasteiger partial charge in [-0.25, -0.2) is 0 Å². The number of halogens is 2. The molecule has 0 heterocycles. The SMILES string of the molecule is CC1=C(C)C(C)(C)C(C2=C(c3ccccc3)[CH]([Ti+2])c3ccccc32)=C1C.[Cl-].[Cl-]. The van der Waals surface area contributed by atoms with E-state index in [0.717, 1.165) is 0 Å². The van der Waals surface area contributed by atoms with E-state index >= 15 is 0 Å². The first-order valence-corrected chi connectivity index (χ1v) is 10.3. The quantitative estimate of drug-likeness (QED) is 0.605. The first-order valence-electron chi connectivity index (χ1n) is 9.35. The molecule has 0 N–H and O–H groups in total. The van der Waals surface area contributed by atoms with Crippen LogP contribution in [0.4, 0.5) is 0 Å². The third-order valence-electron chi connectivity index (χ3n) is 6.50. The standard InChI is InChI=1S/C25H25.2ClH.Ti/c1-16-17(2)24(25(4,5)18(16)3)23-21-14-10-9-13-20(21)15-22(23)19-11-7-6-8-12-19;;;/h6-15H,1-5H3;2*1H;/q;;;+2/p-2. The molecule has 143 valence electrons. The molecule has 2 aromatic rings. The summed E-state index contributed by atoms with van der Waals surface area (Å²) in [6.45, 7) is 11.7. The average Bonchev–Trinajstić information content (AvgIpc) is 3.01. The molecule has 0 nitrogen and oxygen atoms in total. The smallest absolute Gasteiger partial charge is 1.00 e. The fourth-order valence-electron chi connectivity index (χ4n) is 4.71. The maximum absolute atomic E-state index is 2.39. The second kappa shape index (κ2) is 8.37. The fourth-order valence-corrected chi connectivity index (χ4v) is 5.59. The van der Waals surface area contributed by atoms with Gasteiger partial charge in [0.05, 0.1) is 0 Å². The van der Waals surface area contributed by atoms with E-state index in [1.807, 2.05) is 0 Å². The summed E-state index contributed by atoms with van der Waals surface area (Å²) in [5, 5.41) is 0. The molecular weight excluding hydrogens is 419 g/mol. The summed E-state index contributed by atoms with van der Waals surface area (Å²) in [5.74, 6) is 0. The summed E-state index contributed by atoms with van der Waals surface area (Å²) in [4.78, 5) is 0. The van der Waals surface area contributed by atoms with Crippen molar-refractivity contribution in [1.82, 2.24) is 0 Å². The van der Waals surface area contributed by atoms with Gasteiger partial charge in [0.2, 0.25) is 0 Å². The van der Waals surface area contributed by atoms with Crippen LogP contribution < -0.4 is 24.8 Å². The number of fused-ring (bicyclic) bond motifs is 1. The molecular formula is C25H25Cl2Ti. The van der Waals surface area contributed by atoms with E-state index in [1.54, 1.807) is 0 Å². The minimum Gasteiger partial charge on any atom is -1.00 e. The predicted octanol–water partition coefficient (Wildman–Crippen LogP) is 0.900. The Labute approximate surface area is 193 Å². The van der Waals surface area contributed by atoms with Gasteiger partial charge in [0.1, 0.15) is 0 Å². The first-order chi connectivity index (χ1) is 12.4. The normalized spacial score (nSPS) is 20.2. The molecule has 0 aromatic heterocycles. The second-order valence-corrected chi connectivity index (χ2v) is 8.95. The number of allylic oxidation sites excluding steroid dienone is 6. The molecule has 0 saturated carbocycles. The molecule has 2 aliphatic carbocycles. The van der Waals surface area contributed by atoms with Crippen LogP contribution in [0.15, 0.2) is 76.9 Å². The summed E-state index contributed by atoms with van der Waals surface area (Å²) in [6, 6.07) is 19.9. The molecule has 3 heteroatoms. The van der Waals surface area contributed by atoms with Gasteiger partial charge in [0.25, 0.3) is 0 Å². The van der Waals surface area contributed by atoms with E-state index in [4.69, 9.17) is 0 Å². The molecule has 0 saturated heterocycles. The fraction of sp³-hybridized carbons (Fsp3) is 0.280. The Bertz CT molecular complexity index is 994. The van der Waals surface area contributed by atoms with E-state index in [9.17, 15) is 0 Å². The van der Waals surface area contributed by atoms with Gasteiger partial charge < -0.3 is 24.8 Å². The zero-order chi connectivity index (χ0) is 18.6. The van der Waals surface area contributed by atoms with Crippen molar-refractivity contribution >= 4 is 11.1 Å². The minimum atomic E-state index is 0. The molecule has 1 unspecified atom stereocenters. The van der Waals surface area contributed by atoms with E-state index < -0.39 is 0 Å². The maximum Gasteiger partial charge on any atom is -1.00 e. The van der Waals surface area contributed by atoms with Gasteiger partial charge in [-0.3, -0.25) is 0 Å². The number of hydrogen-bond donors (Lipinski definition) is 0. The summed E-state index contributed by atoms with van der Waals surface area (Å²) in [6.07, 6.45) is 0. The van der Waals surface area contributed by atoms with Gasteiger partial charge in [-0.1, -0.05) is 0 Å². The van der Waals surface area contributed by atoms with Crippen molar-refractivity contribution in [2.45, 2.75) is 38.8 Å². The Morgan fingerprint density at radius 3 is 1.93 bits per heavy atom. The van der Waals surface area contributed by atoms with Gasteiger partial charge in [-0.15, -0.1) is 0 Å². The summed E-state index contributed by atoms with van der Waals surface area (Å²) in [5.41, 5.74) is 13.2. The topological polar surface area (TPSA) is 0 Å². The Morgan fingerprint density at radius 1 is 0.786 bits per heavy atom. The Kier molecular flexibility index (Phi) is 6.94. The average molecular weight is 444 g/mol. The third-order valence-corrected chi connectivity index (χ3v) is 7.43. The van der Waals surface area contributed by atoms with Crippen molar-refractivity contribution in [2.24, 2.45) is 5.41 Å². The van der Waals surface area contributed by atoms with Crippen molar-refractivity contribution in [3.63, 3.8) is 0 Å². The van der Waals surface area contributed by atoms with E-state index in [0.29, 0.717) is 4.22 Å². The zero-order valence-corrected chi connectivity index (χ0v) is 20.1. The maximum atomic E-state index is 2.39. The Balaban J connectivity index is 0.00000140. The van der Waals surface area contributed by atoms with Gasteiger partial charge in [-0.05, 0) is 0 Å². The van der Waals surface area contributed by atoms with Crippen molar-refractivity contribution < 1.29 is 45.2 Å². The van der Waals surface area contributed by atoms with Crippen LogP contribution in [0.2, 0.25) is 0 Å². The van der Waals surface area contributed by atoms with Gasteiger partial charge in [-0.2, -0.15) is 0 Å². The molecule has 1 atom stereocenters. The molecule has 0 radical (unpaired) electrons. The van der Waals surface area contributed by atoms with Crippen LogP contribution in [0.5, 0.6) is 0 Å². The van der Waals surface area contributed by atoms with Crippen molar-refractivity contribution in [2.75, 3.05) is 0 Å². The summed E-state index contributed by atoms with van der Waals surface area (Å²) >= 11 is 2.36. The summed E-state index contributed by atoms with van der Waals surface area (Å²) in [7, 11) is 0. The number of benzene rings is 2. The van der Waals surface area contributed by atoms with Crippen LogP contribution >= 0.6 is 0 Å². The molecule has 0 amide bonds. The van der Waals surface area contributed by atoms with Crippen molar-refractivity contribution in [3.8, 4) is 0 Å². The number of hydrogen-bond acceptors (Lipinski definition) is 0. The summed E-state index contributed by atoms with van der Waals surface area (Å²) < 4.78 is 0.418. The predicted molar refractivity (Wildman–Crippen MR) is 107 cm³/mol. The van der Waals surface area contributed by atoms with Crippen LogP contribution in [-0.2, 0) is 20.4 Å². The molecule has 4 rings (SSSR count). The van der Waals surface area contributed by atoms with E-state index in [1.165, 1.54) is 50.1 Å². The van der Waals surface area contributed by atoms with Gasteiger partial charge in [0, 0.05) is 0 Å². The van der Waals surface area contributed by atoms with Crippen LogP contribution in [0.1, 0.15) is 55.5 Å². The zero-order valence-electron chi connectivity index (χ0n) is 17.0. The largest absolute Gasteiger partial charge is 1.00 e. The van der Waals surface area contributed by atoms with Crippen molar-refractivity contribution in [3.05, 3.63) is 93.6 Å². The third kappa shape index (κ3) is 3.29. The van der Waals surface area contributed by atoms with Crippen molar-refractivity contribution in [1.29, 1.82) is 0 Å². The molecule has 0 aliphatic heterocycles. The van der Waals surface area contributed by atoms with Gasteiger partial charge >= 0.3 is 169 Å². The Morgan fingerprint density at radius 2 is 1.36 bits per heavy atom. The Hall–Kier alpha value is -1.05. The minimum absolute atomic E-state index is 0. The van der Waals surface area contributed by atoms with Crippen LogP contribution in [-0.4, -0.2) is 0 Å². The molecule has 0 fully saturated rings. The first kappa shape index (κ1) is 23.2. The molecule has 2 aliphatic rings. The van der Waals surface area contributed by atoms with E-state index in [-0.39, 0.29) is 30.2 Å². The van der Waals surface area contributed by atoms with Crippen LogP contribution in [0, 0.1) is 5.41 Å². The molecule has 2 aromatic carbocycles. The number of rotatable bonds is 2. The van der Waals surface area contributed by atoms with Crippen LogP contribution in [0.3, 0.4) is 0 Å². The molecule has 28 heavy (non-hydrogen) atoms. The van der Waals surface area contributed by atoms with E-state index in [2.05, 4.69) is 110 Å². The van der Waals surface area contributed by atoms with Gasteiger partial charge in [0.15, 0.2) is 0 Å². The molecule has 0 bridgehead atoms. The van der Waals surface area contributed by atoms with Crippen LogP contribution in [0.25, 0.3) is 11.1 Å².